The molecule has 0 saturated heterocycles. The summed E-state index contributed by atoms with van der Waals surface area (Å²) in [6.45, 7) is 0. The van der Waals surface area contributed by atoms with E-state index in [1.807, 2.05) is 54.6 Å². The van der Waals surface area contributed by atoms with E-state index in [9.17, 15) is 0 Å². The van der Waals surface area contributed by atoms with Crippen LogP contribution in [0.15, 0.2) is 59.8 Å². The van der Waals surface area contributed by atoms with Gasteiger partial charge in [0.05, 0.1) is 0 Å². The van der Waals surface area contributed by atoms with E-state index >= 15 is 0 Å². The van der Waals surface area contributed by atoms with Crippen LogP contribution in [0.4, 0.5) is 0 Å². The van der Waals surface area contributed by atoms with Crippen molar-refractivity contribution in [3.63, 3.8) is 0 Å². The number of hydrogen-bond acceptors (Lipinski definition) is 3. The zero-order valence-electron chi connectivity index (χ0n) is 9.04. The highest BCUT2D eigenvalue weighted by Gasteiger charge is 2.09. The topological polar surface area (TPSA) is 56.4 Å². The summed E-state index contributed by atoms with van der Waals surface area (Å²) in [5.74, 6) is 0. The van der Waals surface area contributed by atoms with Crippen molar-refractivity contribution in [2.45, 2.75) is 0 Å². The van der Waals surface area contributed by atoms with Crippen molar-refractivity contribution in [2.75, 3.05) is 0 Å². The zero-order chi connectivity index (χ0) is 12.1. The minimum absolute atomic E-state index is 0.0180. The van der Waals surface area contributed by atoms with E-state index in [4.69, 9.17) is 10.5 Å². The molecule has 0 fully saturated rings. The Labute approximate surface area is 99.3 Å². The van der Waals surface area contributed by atoms with Crippen molar-refractivity contribution in [3.8, 4) is 17.2 Å². The Balaban J connectivity index is 2.61. The van der Waals surface area contributed by atoms with Crippen LogP contribution in [-0.4, -0.2) is 10.9 Å². The summed E-state index contributed by atoms with van der Waals surface area (Å²) in [6, 6.07) is 18.9. The van der Waals surface area contributed by atoms with Crippen LogP contribution in [0.1, 0.15) is 5.56 Å². The maximum atomic E-state index is 8.91. The second-order valence-corrected chi connectivity index (χ2v) is 3.47. The summed E-state index contributed by atoms with van der Waals surface area (Å²) >= 11 is 0. The lowest BCUT2D eigenvalue weighted by Crippen LogP contribution is -1.99. The minimum Gasteiger partial charge on any atom is -0.410 e. The molecule has 0 aromatic heterocycles. The first-order chi connectivity index (χ1) is 8.36. The smallest absolute Gasteiger partial charge is 0.187 e. The average molecular weight is 222 g/mol. The van der Waals surface area contributed by atoms with Crippen molar-refractivity contribution in [1.29, 1.82) is 5.26 Å². The highest BCUT2D eigenvalue weighted by Crippen LogP contribution is 2.23. The highest BCUT2D eigenvalue weighted by molar-refractivity contribution is 6.14. The Bertz CT molecular complexity index is 583. The van der Waals surface area contributed by atoms with Gasteiger partial charge >= 0.3 is 0 Å². The van der Waals surface area contributed by atoms with Crippen LogP contribution in [0.3, 0.4) is 0 Å². The monoisotopic (exact) mass is 222 g/mol. The molecule has 82 valence electrons. The lowest BCUT2D eigenvalue weighted by atomic mass is 9.97. The van der Waals surface area contributed by atoms with Gasteiger partial charge < -0.3 is 5.21 Å². The van der Waals surface area contributed by atoms with E-state index in [0.717, 1.165) is 11.1 Å². The van der Waals surface area contributed by atoms with Crippen LogP contribution in [0.25, 0.3) is 11.1 Å². The van der Waals surface area contributed by atoms with Gasteiger partial charge in [-0.3, -0.25) is 0 Å². The van der Waals surface area contributed by atoms with Crippen LogP contribution in [0.5, 0.6) is 0 Å². The van der Waals surface area contributed by atoms with Gasteiger partial charge in [0.2, 0.25) is 0 Å². The fraction of sp³-hybridized carbons (Fsp3) is 0. The summed E-state index contributed by atoms with van der Waals surface area (Å²) in [5.41, 5.74) is 2.51. The molecule has 0 atom stereocenters. The highest BCUT2D eigenvalue weighted by atomic mass is 16.4. The van der Waals surface area contributed by atoms with Crippen LogP contribution in [-0.2, 0) is 0 Å². The zero-order valence-corrected chi connectivity index (χ0v) is 9.04. The summed E-state index contributed by atoms with van der Waals surface area (Å²) in [7, 11) is 0. The first-order valence-corrected chi connectivity index (χ1v) is 5.14. The van der Waals surface area contributed by atoms with E-state index in [0.29, 0.717) is 5.56 Å². The third kappa shape index (κ3) is 2.16. The predicted molar refractivity (Wildman–Crippen MR) is 65.8 cm³/mol. The molecule has 0 unspecified atom stereocenters. The largest absolute Gasteiger partial charge is 0.410 e. The summed E-state index contributed by atoms with van der Waals surface area (Å²) in [6.07, 6.45) is 0. The standard InChI is InChI=1S/C14H10N2O/c15-10-14(16-17)13-9-5-4-8-12(13)11-6-2-1-3-7-11/h1-9,17H/b16-14-. The van der Waals surface area contributed by atoms with Crippen molar-refractivity contribution in [2.24, 2.45) is 5.16 Å². The van der Waals surface area contributed by atoms with Gasteiger partial charge in [-0.2, -0.15) is 5.26 Å². The van der Waals surface area contributed by atoms with Crippen molar-refractivity contribution in [1.82, 2.24) is 0 Å². The molecule has 3 nitrogen and oxygen atoms in total. The fourth-order valence-corrected chi connectivity index (χ4v) is 1.70. The molecule has 0 heterocycles. The van der Waals surface area contributed by atoms with Gasteiger partial charge in [-0.15, -0.1) is 0 Å². The molecule has 17 heavy (non-hydrogen) atoms. The van der Waals surface area contributed by atoms with Crippen LogP contribution in [0.2, 0.25) is 0 Å². The first-order valence-electron chi connectivity index (χ1n) is 5.14. The van der Waals surface area contributed by atoms with Gasteiger partial charge in [-0.25, -0.2) is 0 Å². The Kier molecular flexibility index (Phi) is 3.18. The van der Waals surface area contributed by atoms with Gasteiger partial charge in [-0.1, -0.05) is 59.8 Å². The van der Waals surface area contributed by atoms with E-state index < -0.39 is 0 Å². The van der Waals surface area contributed by atoms with Crippen molar-refractivity contribution < 1.29 is 5.21 Å². The second kappa shape index (κ2) is 4.95. The Morgan fingerprint density at radius 2 is 1.65 bits per heavy atom. The van der Waals surface area contributed by atoms with Crippen molar-refractivity contribution in [3.05, 3.63) is 60.2 Å². The average Bonchev–Trinajstić information content (AvgIpc) is 2.42. The fourth-order valence-electron chi connectivity index (χ4n) is 1.70. The Morgan fingerprint density at radius 3 is 2.29 bits per heavy atom. The third-order valence-electron chi connectivity index (χ3n) is 2.47. The van der Waals surface area contributed by atoms with Gasteiger partial charge in [0, 0.05) is 5.56 Å². The molecular weight excluding hydrogens is 212 g/mol. The predicted octanol–water partition coefficient (Wildman–Crippen LogP) is 3.06. The number of nitriles is 1. The molecule has 2 rings (SSSR count). The minimum atomic E-state index is 0.0180. The number of benzene rings is 2. The van der Waals surface area contributed by atoms with E-state index in [2.05, 4.69) is 5.16 Å². The number of nitrogens with zero attached hydrogens (tertiary/aromatic N) is 2. The molecule has 2 aromatic carbocycles. The number of hydrogen-bond donors (Lipinski definition) is 1. The SMILES string of the molecule is N#C/C(=N/O)c1ccccc1-c1ccccc1. The molecule has 2 aromatic rings. The molecule has 0 aliphatic rings. The Morgan fingerprint density at radius 1 is 1.00 bits per heavy atom. The lowest BCUT2D eigenvalue weighted by Gasteiger charge is -2.06. The van der Waals surface area contributed by atoms with Crippen LogP contribution in [0, 0.1) is 11.3 Å². The van der Waals surface area contributed by atoms with E-state index in [-0.39, 0.29) is 5.71 Å². The van der Waals surface area contributed by atoms with E-state index in [1.54, 1.807) is 6.07 Å². The maximum Gasteiger partial charge on any atom is 0.187 e. The Hall–Kier alpha value is -2.60. The molecule has 1 N–H and O–H groups in total. The van der Waals surface area contributed by atoms with Crippen LogP contribution < -0.4 is 0 Å². The molecule has 0 bridgehead atoms. The summed E-state index contributed by atoms with van der Waals surface area (Å²) < 4.78 is 0. The first kappa shape index (κ1) is 10.9. The quantitative estimate of drug-likeness (QED) is 0.482. The number of rotatable bonds is 2. The third-order valence-corrected chi connectivity index (χ3v) is 2.47. The maximum absolute atomic E-state index is 8.91. The molecular formula is C14H10N2O. The van der Waals surface area contributed by atoms with Crippen molar-refractivity contribution >= 4 is 5.71 Å². The molecule has 0 spiro atoms. The van der Waals surface area contributed by atoms with Crippen LogP contribution >= 0.6 is 0 Å². The van der Waals surface area contributed by atoms with Gasteiger partial charge in [0.25, 0.3) is 0 Å². The lowest BCUT2D eigenvalue weighted by molar-refractivity contribution is 0.320. The molecule has 0 amide bonds. The number of oxime groups is 1. The summed E-state index contributed by atoms with van der Waals surface area (Å²) in [5, 5.41) is 20.7. The normalized spacial score (nSPS) is 10.9. The summed E-state index contributed by atoms with van der Waals surface area (Å²) in [4.78, 5) is 0. The van der Waals surface area contributed by atoms with E-state index in [1.165, 1.54) is 0 Å². The molecule has 0 radical (unpaired) electrons. The van der Waals surface area contributed by atoms with Gasteiger partial charge in [-0.05, 0) is 11.1 Å². The molecule has 0 saturated carbocycles. The van der Waals surface area contributed by atoms with Gasteiger partial charge in [0.15, 0.2) is 5.71 Å². The molecule has 0 aliphatic carbocycles. The molecule has 0 aliphatic heterocycles. The second-order valence-electron chi connectivity index (χ2n) is 3.47. The van der Waals surface area contributed by atoms with Gasteiger partial charge in [0.1, 0.15) is 6.07 Å². The molecule has 3 heteroatoms.